The Labute approximate surface area is 113 Å². The molecule has 0 unspecified atom stereocenters. The second-order valence-corrected chi connectivity index (χ2v) is 5.19. The van der Waals surface area contributed by atoms with Crippen LogP contribution in [0.15, 0.2) is 30.5 Å². The Morgan fingerprint density at radius 2 is 2.16 bits per heavy atom. The van der Waals surface area contributed by atoms with Crippen LogP contribution in [-0.2, 0) is 0 Å². The molecule has 1 N–H and O–H groups in total. The summed E-state index contributed by atoms with van der Waals surface area (Å²) < 4.78 is 0. The van der Waals surface area contributed by atoms with Crippen LogP contribution in [0.4, 0.5) is 0 Å². The maximum absolute atomic E-state index is 4.15. The standard InChI is InChI=1S/C15H20N4/c1-2-19-8-6-12(7-9-19)13-4-3-5-14(10-13)15-11-16-18-17-15/h3-5,10-12H,2,6-9H2,1H3,(H,16,17,18). The third-order valence-electron chi connectivity index (χ3n) is 4.10. The molecule has 19 heavy (non-hydrogen) atoms. The van der Waals surface area contributed by atoms with Crippen molar-refractivity contribution in [1.29, 1.82) is 0 Å². The molecule has 0 aliphatic carbocycles. The molecule has 1 aliphatic rings. The summed E-state index contributed by atoms with van der Waals surface area (Å²) in [6.07, 6.45) is 4.30. The van der Waals surface area contributed by atoms with Crippen LogP contribution in [0.2, 0.25) is 0 Å². The summed E-state index contributed by atoms with van der Waals surface area (Å²) in [5.74, 6) is 0.689. The van der Waals surface area contributed by atoms with Gasteiger partial charge in [0, 0.05) is 5.56 Å². The number of nitrogens with one attached hydrogen (secondary N) is 1. The van der Waals surface area contributed by atoms with Crippen molar-refractivity contribution >= 4 is 0 Å². The maximum Gasteiger partial charge on any atom is 0.112 e. The van der Waals surface area contributed by atoms with Gasteiger partial charge in [0.15, 0.2) is 0 Å². The summed E-state index contributed by atoms with van der Waals surface area (Å²) in [5.41, 5.74) is 3.52. The van der Waals surface area contributed by atoms with Gasteiger partial charge in [0.2, 0.25) is 0 Å². The van der Waals surface area contributed by atoms with E-state index >= 15 is 0 Å². The zero-order valence-electron chi connectivity index (χ0n) is 11.3. The molecular formula is C15H20N4. The van der Waals surface area contributed by atoms with Gasteiger partial charge in [-0.05, 0) is 50.0 Å². The summed E-state index contributed by atoms with van der Waals surface area (Å²) in [5, 5.41) is 10.7. The lowest BCUT2D eigenvalue weighted by Crippen LogP contribution is -2.32. The van der Waals surface area contributed by atoms with E-state index in [1.807, 2.05) is 0 Å². The largest absolute Gasteiger partial charge is 0.304 e. The van der Waals surface area contributed by atoms with E-state index in [1.165, 1.54) is 38.0 Å². The molecule has 4 heteroatoms. The first-order valence-corrected chi connectivity index (χ1v) is 7.05. The van der Waals surface area contributed by atoms with E-state index in [9.17, 15) is 0 Å². The van der Waals surface area contributed by atoms with Gasteiger partial charge < -0.3 is 4.90 Å². The quantitative estimate of drug-likeness (QED) is 0.918. The molecule has 0 atom stereocenters. The molecule has 2 aromatic rings. The van der Waals surface area contributed by atoms with Crippen molar-refractivity contribution in [2.24, 2.45) is 0 Å². The zero-order chi connectivity index (χ0) is 13.1. The van der Waals surface area contributed by atoms with E-state index in [-0.39, 0.29) is 0 Å². The number of rotatable bonds is 3. The second kappa shape index (κ2) is 5.53. The van der Waals surface area contributed by atoms with Crippen molar-refractivity contribution < 1.29 is 0 Å². The van der Waals surface area contributed by atoms with Crippen LogP contribution in [0.5, 0.6) is 0 Å². The van der Waals surface area contributed by atoms with E-state index in [2.05, 4.69) is 51.5 Å². The van der Waals surface area contributed by atoms with Crippen LogP contribution in [-0.4, -0.2) is 39.9 Å². The van der Waals surface area contributed by atoms with E-state index in [0.717, 1.165) is 11.3 Å². The molecule has 4 nitrogen and oxygen atoms in total. The fourth-order valence-electron chi connectivity index (χ4n) is 2.88. The minimum atomic E-state index is 0.689. The number of aromatic nitrogens is 3. The highest BCUT2D eigenvalue weighted by molar-refractivity contribution is 5.58. The smallest absolute Gasteiger partial charge is 0.112 e. The van der Waals surface area contributed by atoms with Gasteiger partial charge in [-0.3, -0.25) is 0 Å². The Hall–Kier alpha value is -1.68. The van der Waals surface area contributed by atoms with Gasteiger partial charge in [-0.15, -0.1) is 0 Å². The summed E-state index contributed by atoms with van der Waals surface area (Å²) >= 11 is 0. The first-order valence-electron chi connectivity index (χ1n) is 7.05. The Bertz CT molecular complexity index is 513. The first kappa shape index (κ1) is 12.4. The Kier molecular flexibility index (Phi) is 3.60. The van der Waals surface area contributed by atoms with Gasteiger partial charge in [0.05, 0.1) is 6.20 Å². The van der Waals surface area contributed by atoms with Crippen LogP contribution in [0.3, 0.4) is 0 Å². The number of piperidine rings is 1. The molecule has 1 saturated heterocycles. The molecule has 1 fully saturated rings. The highest BCUT2D eigenvalue weighted by Crippen LogP contribution is 2.30. The zero-order valence-corrected chi connectivity index (χ0v) is 11.3. The van der Waals surface area contributed by atoms with E-state index in [0.29, 0.717) is 5.92 Å². The van der Waals surface area contributed by atoms with Gasteiger partial charge in [0.1, 0.15) is 5.69 Å². The molecule has 1 aromatic heterocycles. The molecule has 1 aromatic carbocycles. The van der Waals surface area contributed by atoms with E-state index in [1.54, 1.807) is 6.20 Å². The fraction of sp³-hybridized carbons (Fsp3) is 0.467. The van der Waals surface area contributed by atoms with Crippen molar-refractivity contribution in [3.63, 3.8) is 0 Å². The monoisotopic (exact) mass is 256 g/mol. The lowest BCUT2D eigenvalue weighted by atomic mass is 9.88. The summed E-state index contributed by atoms with van der Waals surface area (Å²) in [4.78, 5) is 2.53. The molecule has 0 bridgehead atoms. The minimum Gasteiger partial charge on any atom is -0.304 e. The van der Waals surface area contributed by atoms with Crippen LogP contribution in [0.1, 0.15) is 31.2 Å². The maximum atomic E-state index is 4.15. The number of hydrogen-bond acceptors (Lipinski definition) is 3. The predicted molar refractivity (Wildman–Crippen MR) is 75.9 cm³/mol. The SMILES string of the molecule is CCN1CCC(c2cccc(-c3cn[nH]n3)c2)CC1. The number of hydrogen-bond donors (Lipinski definition) is 1. The lowest BCUT2D eigenvalue weighted by molar-refractivity contribution is 0.222. The summed E-state index contributed by atoms with van der Waals surface area (Å²) in [6.45, 7) is 5.85. The van der Waals surface area contributed by atoms with Crippen molar-refractivity contribution in [3.05, 3.63) is 36.0 Å². The topological polar surface area (TPSA) is 44.8 Å². The van der Waals surface area contributed by atoms with E-state index in [4.69, 9.17) is 0 Å². The van der Waals surface area contributed by atoms with Crippen LogP contribution in [0, 0.1) is 0 Å². The molecule has 0 saturated carbocycles. The minimum absolute atomic E-state index is 0.689. The molecule has 0 radical (unpaired) electrons. The Morgan fingerprint density at radius 1 is 1.32 bits per heavy atom. The molecule has 0 spiro atoms. The van der Waals surface area contributed by atoms with Gasteiger partial charge in [0.25, 0.3) is 0 Å². The van der Waals surface area contributed by atoms with Gasteiger partial charge >= 0.3 is 0 Å². The van der Waals surface area contributed by atoms with Crippen LogP contribution in [0.25, 0.3) is 11.3 Å². The third kappa shape index (κ3) is 2.68. The van der Waals surface area contributed by atoms with Gasteiger partial charge in [-0.1, -0.05) is 25.1 Å². The predicted octanol–water partition coefficient (Wildman–Crippen LogP) is 2.67. The van der Waals surface area contributed by atoms with E-state index < -0.39 is 0 Å². The summed E-state index contributed by atoms with van der Waals surface area (Å²) in [7, 11) is 0. The molecular weight excluding hydrogens is 236 g/mol. The summed E-state index contributed by atoms with van der Waals surface area (Å²) in [6, 6.07) is 8.74. The number of nitrogens with zero attached hydrogens (tertiary/aromatic N) is 3. The fourth-order valence-corrected chi connectivity index (χ4v) is 2.88. The average molecular weight is 256 g/mol. The third-order valence-corrected chi connectivity index (χ3v) is 4.10. The molecule has 0 amide bonds. The number of likely N-dealkylation sites (tertiary alicyclic amines) is 1. The molecule has 1 aliphatic heterocycles. The highest BCUT2D eigenvalue weighted by Gasteiger charge is 2.19. The van der Waals surface area contributed by atoms with Gasteiger partial charge in [-0.2, -0.15) is 15.4 Å². The highest BCUT2D eigenvalue weighted by atomic mass is 15.3. The number of H-pyrrole nitrogens is 1. The van der Waals surface area contributed by atoms with Crippen molar-refractivity contribution in [3.8, 4) is 11.3 Å². The second-order valence-electron chi connectivity index (χ2n) is 5.19. The molecule has 2 heterocycles. The van der Waals surface area contributed by atoms with Crippen LogP contribution < -0.4 is 0 Å². The first-order chi connectivity index (χ1) is 9.36. The normalized spacial score (nSPS) is 17.7. The van der Waals surface area contributed by atoms with Crippen molar-refractivity contribution in [2.75, 3.05) is 19.6 Å². The van der Waals surface area contributed by atoms with Crippen molar-refractivity contribution in [1.82, 2.24) is 20.3 Å². The van der Waals surface area contributed by atoms with Gasteiger partial charge in [-0.25, -0.2) is 0 Å². The number of aromatic amines is 1. The lowest BCUT2D eigenvalue weighted by Gasteiger charge is -2.31. The van der Waals surface area contributed by atoms with Crippen LogP contribution >= 0.6 is 0 Å². The Balaban J connectivity index is 1.77. The number of benzene rings is 1. The Morgan fingerprint density at radius 3 is 2.84 bits per heavy atom. The average Bonchev–Trinajstić information content (AvgIpc) is 3.02. The van der Waals surface area contributed by atoms with Crippen molar-refractivity contribution in [2.45, 2.75) is 25.7 Å². The molecule has 3 rings (SSSR count). The molecule has 100 valence electrons.